The highest BCUT2D eigenvalue weighted by atomic mass is 35.5. The second-order valence-corrected chi connectivity index (χ2v) is 8.30. The fraction of sp³-hybridized carbons (Fsp3) is 0.167. The standard InChI is InChI=1S/C24H21ClF3N7O2/c1-13-9-15(30-23(36)31-16-5-6-18(25)17(11-16)24(26,27)28)4-3-14(13)10-20-29-8-7-19(32-20)33-21-12-22(37-2)35-34-21/h3-9,11-12H,10H2,1-2H3,(H2,30,31,36)(H2,29,32,33,34,35). The predicted molar refractivity (Wildman–Crippen MR) is 134 cm³/mol. The van der Waals surface area contributed by atoms with Crippen molar-refractivity contribution in [3.63, 3.8) is 0 Å². The number of rotatable bonds is 7. The summed E-state index contributed by atoms with van der Waals surface area (Å²) in [6, 6.07) is 11.1. The van der Waals surface area contributed by atoms with Crippen molar-refractivity contribution in [2.45, 2.75) is 19.5 Å². The van der Waals surface area contributed by atoms with Gasteiger partial charge in [-0.3, -0.25) is 5.10 Å². The van der Waals surface area contributed by atoms with Gasteiger partial charge < -0.3 is 20.7 Å². The third-order valence-corrected chi connectivity index (χ3v) is 5.54. The van der Waals surface area contributed by atoms with Gasteiger partial charge in [0, 0.05) is 30.1 Å². The zero-order chi connectivity index (χ0) is 26.6. The third kappa shape index (κ3) is 6.67. The van der Waals surface area contributed by atoms with Crippen LogP contribution in [0.25, 0.3) is 0 Å². The Kier molecular flexibility index (Phi) is 7.48. The number of nitrogens with zero attached hydrogens (tertiary/aromatic N) is 3. The zero-order valence-electron chi connectivity index (χ0n) is 19.6. The maximum atomic E-state index is 13.1. The Morgan fingerprint density at radius 2 is 1.81 bits per heavy atom. The molecule has 2 aromatic heterocycles. The molecule has 9 nitrogen and oxygen atoms in total. The Hall–Kier alpha value is -4.32. The summed E-state index contributed by atoms with van der Waals surface area (Å²) in [5, 5.41) is 14.4. The van der Waals surface area contributed by atoms with E-state index in [1.165, 1.54) is 13.2 Å². The molecule has 4 aromatic rings. The van der Waals surface area contributed by atoms with Crippen LogP contribution < -0.4 is 20.7 Å². The number of carbonyl (C=O) groups is 1. The molecule has 0 saturated heterocycles. The number of methoxy groups -OCH3 is 1. The predicted octanol–water partition coefficient (Wildman–Crippen LogP) is 6.17. The van der Waals surface area contributed by atoms with Gasteiger partial charge in [-0.05, 0) is 54.4 Å². The van der Waals surface area contributed by atoms with Crippen molar-refractivity contribution in [3.05, 3.63) is 82.3 Å². The highest BCUT2D eigenvalue weighted by Crippen LogP contribution is 2.36. The summed E-state index contributed by atoms with van der Waals surface area (Å²) in [6.45, 7) is 1.87. The van der Waals surface area contributed by atoms with Gasteiger partial charge in [-0.15, -0.1) is 5.10 Å². The number of alkyl halides is 3. The molecule has 0 atom stereocenters. The van der Waals surface area contributed by atoms with Crippen LogP contribution in [-0.4, -0.2) is 33.3 Å². The van der Waals surface area contributed by atoms with Crippen LogP contribution in [0.5, 0.6) is 5.88 Å². The first-order chi connectivity index (χ1) is 17.6. The smallest absolute Gasteiger partial charge is 0.417 e. The molecule has 4 N–H and O–H groups in total. The largest absolute Gasteiger partial charge is 0.480 e. The first-order valence-corrected chi connectivity index (χ1v) is 11.2. The minimum Gasteiger partial charge on any atom is -0.480 e. The second-order valence-electron chi connectivity index (χ2n) is 7.90. The van der Waals surface area contributed by atoms with Crippen molar-refractivity contribution >= 4 is 40.6 Å². The van der Waals surface area contributed by atoms with Crippen LogP contribution in [0.2, 0.25) is 5.02 Å². The molecule has 0 fully saturated rings. The van der Waals surface area contributed by atoms with Crippen molar-refractivity contribution < 1.29 is 22.7 Å². The van der Waals surface area contributed by atoms with Crippen molar-refractivity contribution in [2.24, 2.45) is 0 Å². The fourth-order valence-electron chi connectivity index (χ4n) is 3.42. The molecule has 37 heavy (non-hydrogen) atoms. The topological polar surface area (TPSA) is 117 Å². The van der Waals surface area contributed by atoms with Gasteiger partial charge >= 0.3 is 12.2 Å². The normalized spacial score (nSPS) is 11.2. The van der Waals surface area contributed by atoms with E-state index in [1.54, 1.807) is 30.5 Å². The minimum absolute atomic E-state index is 0.0400. The van der Waals surface area contributed by atoms with E-state index >= 15 is 0 Å². The van der Waals surface area contributed by atoms with Gasteiger partial charge in [-0.1, -0.05) is 17.7 Å². The second kappa shape index (κ2) is 10.7. The molecule has 4 rings (SSSR count). The Bertz CT molecular complexity index is 1430. The van der Waals surface area contributed by atoms with Crippen LogP contribution in [0.3, 0.4) is 0 Å². The number of hydrogen-bond donors (Lipinski definition) is 4. The Morgan fingerprint density at radius 3 is 2.49 bits per heavy atom. The average Bonchev–Trinajstić information content (AvgIpc) is 3.29. The molecule has 0 aliphatic carbocycles. The maximum Gasteiger partial charge on any atom is 0.417 e. The van der Waals surface area contributed by atoms with Crippen LogP contribution in [0, 0.1) is 6.92 Å². The molecule has 0 radical (unpaired) electrons. The summed E-state index contributed by atoms with van der Waals surface area (Å²) < 4.78 is 44.2. The molecule has 0 saturated carbocycles. The monoisotopic (exact) mass is 531 g/mol. The van der Waals surface area contributed by atoms with Crippen LogP contribution in [0.15, 0.2) is 54.7 Å². The average molecular weight is 532 g/mol. The van der Waals surface area contributed by atoms with E-state index in [0.29, 0.717) is 35.4 Å². The van der Waals surface area contributed by atoms with E-state index in [9.17, 15) is 18.0 Å². The number of urea groups is 1. The van der Waals surface area contributed by atoms with Gasteiger partial charge in [-0.2, -0.15) is 13.2 Å². The summed E-state index contributed by atoms with van der Waals surface area (Å²) in [5.74, 6) is 2.19. The van der Waals surface area contributed by atoms with Gasteiger partial charge in [0.25, 0.3) is 0 Å². The Labute approximate surface area is 214 Å². The Morgan fingerprint density at radius 1 is 1.08 bits per heavy atom. The number of ether oxygens (including phenoxy) is 1. The number of amides is 2. The van der Waals surface area contributed by atoms with E-state index in [1.807, 2.05) is 13.0 Å². The molecule has 0 aliphatic heterocycles. The number of aryl methyl sites for hydroxylation is 1. The summed E-state index contributed by atoms with van der Waals surface area (Å²) in [5.41, 5.74) is 1.19. The number of aromatic amines is 1. The van der Waals surface area contributed by atoms with E-state index in [0.717, 1.165) is 23.3 Å². The number of aromatic nitrogens is 4. The minimum atomic E-state index is -4.63. The molecule has 2 amide bonds. The lowest BCUT2D eigenvalue weighted by molar-refractivity contribution is -0.137. The van der Waals surface area contributed by atoms with Gasteiger partial charge in [-0.25, -0.2) is 14.8 Å². The fourth-order valence-corrected chi connectivity index (χ4v) is 3.64. The van der Waals surface area contributed by atoms with Gasteiger partial charge in [0.2, 0.25) is 5.88 Å². The third-order valence-electron chi connectivity index (χ3n) is 5.21. The lowest BCUT2D eigenvalue weighted by Gasteiger charge is -2.13. The summed E-state index contributed by atoms with van der Waals surface area (Å²) in [6.07, 6.45) is -2.57. The van der Waals surface area contributed by atoms with Crippen molar-refractivity contribution in [3.8, 4) is 5.88 Å². The number of hydrogen-bond acceptors (Lipinski definition) is 6. The van der Waals surface area contributed by atoms with Gasteiger partial charge in [0.05, 0.1) is 17.7 Å². The molecule has 2 heterocycles. The lowest BCUT2D eigenvalue weighted by Crippen LogP contribution is -2.20. The number of halogens is 4. The molecular weight excluding hydrogens is 511 g/mol. The number of H-pyrrole nitrogens is 1. The molecule has 13 heteroatoms. The molecule has 0 spiro atoms. The highest BCUT2D eigenvalue weighted by Gasteiger charge is 2.33. The SMILES string of the molecule is COc1cc(Nc2ccnc(Cc3ccc(NC(=O)Nc4ccc(Cl)c(C(F)(F)F)c4)cc3C)n2)[nH]n1. The molecule has 0 aliphatic rings. The highest BCUT2D eigenvalue weighted by molar-refractivity contribution is 6.31. The summed E-state index contributed by atoms with van der Waals surface area (Å²) in [7, 11) is 1.52. The van der Waals surface area contributed by atoms with Crippen LogP contribution in [-0.2, 0) is 12.6 Å². The van der Waals surface area contributed by atoms with E-state index in [2.05, 4.69) is 36.1 Å². The molecule has 0 unspecified atom stereocenters. The van der Waals surface area contributed by atoms with Crippen molar-refractivity contribution in [1.82, 2.24) is 20.2 Å². The van der Waals surface area contributed by atoms with Crippen LogP contribution >= 0.6 is 11.6 Å². The van der Waals surface area contributed by atoms with E-state index in [-0.39, 0.29) is 5.69 Å². The molecular formula is C24H21ClF3N7O2. The molecule has 0 bridgehead atoms. The quantitative estimate of drug-likeness (QED) is 0.227. The Balaban J connectivity index is 1.39. The summed E-state index contributed by atoms with van der Waals surface area (Å²) in [4.78, 5) is 21.2. The first-order valence-electron chi connectivity index (χ1n) is 10.8. The van der Waals surface area contributed by atoms with E-state index in [4.69, 9.17) is 16.3 Å². The number of carbonyl (C=O) groups excluding carboxylic acids is 1. The van der Waals surface area contributed by atoms with Crippen LogP contribution in [0.1, 0.15) is 22.5 Å². The first kappa shape index (κ1) is 25.8. The van der Waals surface area contributed by atoms with E-state index < -0.39 is 22.8 Å². The lowest BCUT2D eigenvalue weighted by atomic mass is 10.0. The zero-order valence-corrected chi connectivity index (χ0v) is 20.3. The van der Waals surface area contributed by atoms with Gasteiger partial charge in [0.15, 0.2) is 0 Å². The maximum absolute atomic E-state index is 13.1. The molecule has 192 valence electrons. The number of benzene rings is 2. The number of anilines is 4. The van der Waals surface area contributed by atoms with Gasteiger partial charge in [0.1, 0.15) is 17.5 Å². The molecule has 2 aromatic carbocycles. The van der Waals surface area contributed by atoms with Crippen molar-refractivity contribution in [2.75, 3.05) is 23.1 Å². The number of nitrogens with one attached hydrogen (secondary N) is 4. The summed E-state index contributed by atoms with van der Waals surface area (Å²) >= 11 is 5.62. The van der Waals surface area contributed by atoms with Crippen LogP contribution in [0.4, 0.5) is 41.0 Å². The van der Waals surface area contributed by atoms with Crippen molar-refractivity contribution in [1.29, 1.82) is 0 Å².